The number of nitrogens with one attached hydrogen (secondary N) is 1. The van der Waals surface area contributed by atoms with Crippen LogP contribution in [0.25, 0.3) is 0 Å². The van der Waals surface area contributed by atoms with Crippen LogP contribution in [0.4, 0.5) is 11.4 Å². The fourth-order valence-electron chi connectivity index (χ4n) is 2.14. The summed E-state index contributed by atoms with van der Waals surface area (Å²) in [5, 5.41) is 3.56. The van der Waals surface area contributed by atoms with Crippen LogP contribution in [-0.4, -0.2) is 18.8 Å². The van der Waals surface area contributed by atoms with Gasteiger partial charge in [0, 0.05) is 24.0 Å². The van der Waals surface area contributed by atoms with Gasteiger partial charge in [-0.15, -0.1) is 0 Å². The van der Waals surface area contributed by atoms with Crippen molar-refractivity contribution in [3.8, 4) is 0 Å². The summed E-state index contributed by atoms with van der Waals surface area (Å²) in [6.07, 6.45) is 2.49. The zero-order valence-electron chi connectivity index (χ0n) is 9.99. The summed E-state index contributed by atoms with van der Waals surface area (Å²) in [5.74, 6) is 0. The topological polar surface area (TPSA) is 47.3 Å². The maximum Gasteiger partial charge on any atom is 0.0566 e. The van der Waals surface area contributed by atoms with Gasteiger partial charge in [0.15, 0.2) is 0 Å². The lowest BCUT2D eigenvalue weighted by molar-refractivity contribution is 0.0232. The van der Waals surface area contributed by atoms with Gasteiger partial charge in [0.05, 0.1) is 6.10 Å². The Balaban J connectivity index is 2.05. The highest BCUT2D eigenvalue weighted by Crippen LogP contribution is 2.23. The number of aryl methyl sites for hydroxylation is 1. The summed E-state index contributed by atoms with van der Waals surface area (Å²) in [6.45, 7) is 5.07. The van der Waals surface area contributed by atoms with Crippen LogP contribution in [0, 0.1) is 6.92 Å². The second kappa shape index (κ2) is 4.74. The molecule has 1 heterocycles. The summed E-state index contributed by atoms with van der Waals surface area (Å²) in [6, 6.07) is 6.51. The molecule has 2 atom stereocenters. The van der Waals surface area contributed by atoms with Gasteiger partial charge in [0.25, 0.3) is 0 Å². The first-order valence-corrected chi connectivity index (χ1v) is 5.89. The summed E-state index contributed by atoms with van der Waals surface area (Å²) < 4.78 is 5.54. The first-order chi connectivity index (χ1) is 7.65. The molecule has 0 aliphatic carbocycles. The van der Waals surface area contributed by atoms with Crippen molar-refractivity contribution in [3.63, 3.8) is 0 Å². The van der Waals surface area contributed by atoms with Gasteiger partial charge in [-0.2, -0.15) is 0 Å². The van der Waals surface area contributed by atoms with Crippen molar-refractivity contribution in [2.45, 2.75) is 38.8 Å². The van der Waals surface area contributed by atoms with E-state index < -0.39 is 0 Å². The van der Waals surface area contributed by atoms with E-state index in [1.165, 1.54) is 5.56 Å². The molecular formula is C13H20N2O. The molecule has 0 amide bonds. The Bertz CT molecular complexity index is 365. The summed E-state index contributed by atoms with van der Waals surface area (Å²) in [5.41, 5.74) is 9.00. The van der Waals surface area contributed by atoms with E-state index in [9.17, 15) is 0 Å². The first kappa shape index (κ1) is 11.3. The van der Waals surface area contributed by atoms with Crippen molar-refractivity contribution in [3.05, 3.63) is 23.8 Å². The summed E-state index contributed by atoms with van der Waals surface area (Å²) >= 11 is 0. The largest absolute Gasteiger partial charge is 0.399 e. The SMILES string of the molecule is Cc1ccc(N)cc1NC1CCOC(C)C1. The van der Waals surface area contributed by atoms with E-state index in [4.69, 9.17) is 10.5 Å². The number of hydrogen-bond donors (Lipinski definition) is 2. The number of anilines is 2. The van der Waals surface area contributed by atoms with E-state index in [-0.39, 0.29) is 0 Å². The third-order valence-electron chi connectivity index (χ3n) is 3.11. The molecule has 1 aliphatic heterocycles. The summed E-state index contributed by atoms with van der Waals surface area (Å²) in [7, 11) is 0. The molecule has 0 saturated carbocycles. The molecule has 0 radical (unpaired) electrons. The Hall–Kier alpha value is -1.22. The fourth-order valence-corrected chi connectivity index (χ4v) is 2.14. The van der Waals surface area contributed by atoms with Crippen LogP contribution in [0.5, 0.6) is 0 Å². The van der Waals surface area contributed by atoms with Gasteiger partial charge in [-0.05, 0) is 44.4 Å². The van der Waals surface area contributed by atoms with Crippen molar-refractivity contribution in [1.82, 2.24) is 0 Å². The highest BCUT2D eigenvalue weighted by Gasteiger charge is 2.19. The highest BCUT2D eigenvalue weighted by molar-refractivity contribution is 5.59. The van der Waals surface area contributed by atoms with Gasteiger partial charge >= 0.3 is 0 Å². The number of nitrogens with two attached hydrogens (primary N) is 1. The van der Waals surface area contributed by atoms with Gasteiger partial charge in [-0.3, -0.25) is 0 Å². The monoisotopic (exact) mass is 220 g/mol. The minimum Gasteiger partial charge on any atom is -0.399 e. The molecule has 0 aromatic heterocycles. The fraction of sp³-hybridized carbons (Fsp3) is 0.538. The molecule has 1 saturated heterocycles. The van der Waals surface area contributed by atoms with Crippen LogP contribution in [-0.2, 0) is 4.74 Å². The van der Waals surface area contributed by atoms with E-state index in [0.29, 0.717) is 12.1 Å². The van der Waals surface area contributed by atoms with Crippen molar-refractivity contribution < 1.29 is 4.74 Å². The van der Waals surface area contributed by atoms with Crippen molar-refractivity contribution in [1.29, 1.82) is 0 Å². The van der Waals surface area contributed by atoms with Crippen molar-refractivity contribution in [2.24, 2.45) is 0 Å². The molecule has 3 N–H and O–H groups in total. The first-order valence-electron chi connectivity index (χ1n) is 5.89. The number of ether oxygens (including phenoxy) is 1. The average molecular weight is 220 g/mol. The van der Waals surface area contributed by atoms with Crippen LogP contribution in [0.15, 0.2) is 18.2 Å². The lowest BCUT2D eigenvalue weighted by Gasteiger charge is -2.29. The van der Waals surface area contributed by atoms with E-state index in [1.54, 1.807) is 0 Å². The molecule has 1 fully saturated rings. The quantitative estimate of drug-likeness (QED) is 0.753. The van der Waals surface area contributed by atoms with Gasteiger partial charge in [-0.25, -0.2) is 0 Å². The minimum atomic E-state index is 0.354. The van der Waals surface area contributed by atoms with Gasteiger partial charge < -0.3 is 15.8 Å². The zero-order chi connectivity index (χ0) is 11.5. The van der Waals surface area contributed by atoms with Crippen molar-refractivity contribution in [2.75, 3.05) is 17.7 Å². The number of hydrogen-bond acceptors (Lipinski definition) is 3. The Labute approximate surface area is 97.0 Å². The van der Waals surface area contributed by atoms with Crippen LogP contribution < -0.4 is 11.1 Å². The standard InChI is InChI=1S/C13H20N2O/c1-9-3-4-11(14)8-13(9)15-12-5-6-16-10(2)7-12/h3-4,8,10,12,15H,5-7,14H2,1-2H3. The van der Waals surface area contributed by atoms with Gasteiger partial charge in [-0.1, -0.05) is 6.07 Å². The maximum atomic E-state index is 5.80. The normalized spacial score (nSPS) is 25.4. The number of nitrogen functional groups attached to an aromatic ring is 1. The van der Waals surface area contributed by atoms with E-state index in [0.717, 1.165) is 30.8 Å². The van der Waals surface area contributed by atoms with Gasteiger partial charge in [0.1, 0.15) is 0 Å². The number of benzene rings is 1. The third kappa shape index (κ3) is 2.67. The molecule has 1 aliphatic rings. The average Bonchev–Trinajstić information content (AvgIpc) is 2.24. The molecule has 3 heteroatoms. The zero-order valence-corrected chi connectivity index (χ0v) is 9.99. The Morgan fingerprint density at radius 2 is 2.25 bits per heavy atom. The molecule has 0 spiro atoms. The second-order valence-electron chi connectivity index (χ2n) is 4.62. The van der Waals surface area contributed by atoms with Crippen LogP contribution in [0.1, 0.15) is 25.3 Å². The number of rotatable bonds is 2. The third-order valence-corrected chi connectivity index (χ3v) is 3.11. The molecule has 2 unspecified atom stereocenters. The molecule has 0 bridgehead atoms. The van der Waals surface area contributed by atoms with E-state index in [1.807, 2.05) is 12.1 Å². The van der Waals surface area contributed by atoms with E-state index >= 15 is 0 Å². The second-order valence-corrected chi connectivity index (χ2v) is 4.62. The van der Waals surface area contributed by atoms with Crippen molar-refractivity contribution >= 4 is 11.4 Å². The lowest BCUT2D eigenvalue weighted by atomic mass is 10.0. The smallest absolute Gasteiger partial charge is 0.0566 e. The van der Waals surface area contributed by atoms with Crippen LogP contribution in [0.3, 0.4) is 0 Å². The molecule has 1 aromatic rings. The van der Waals surface area contributed by atoms with Gasteiger partial charge in [0.2, 0.25) is 0 Å². The highest BCUT2D eigenvalue weighted by atomic mass is 16.5. The minimum absolute atomic E-state index is 0.354. The maximum absolute atomic E-state index is 5.80. The lowest BCUT2D eigenvalue weighted by Crippen LogP contribution is -2.32. The Kier molecular flexibility index (Phi) is 3.34. The van der Waals surface area contributed by atoms with E-state index in [2.05, 4.69) is 25.2 Å². The molecular weight excluding hydrogens is 200 g/mol. The Morgan fingerprint density at radius 1 is 1.44 bits per heavy atom. The molecule has 88 valence electrons. The molecule has 3 nitrogen and oxygen atoms in total. The molecule has 16 heavy (non-hydrogen) atoms. The molecule has 1 aromatic carbocycles. The van der Waals surface area contributed by atoms with Crippen LogP contribution >= 0.6 is 0 Å². The summed E-state index contributed by atoms with van der Waals surface area (Å²) in [4.78, 5) is 0. The molecule has 2 rings (SSSR count). The van der Waals surface area contributed by atoms with Crippen LogP contribution in [0.2, 0.25) is 0 Å². The predicted octanol–water partition coefficient (Wildman–Crippen LogP) is 2.56. The Morgan fingerprint density at radius 3 is 3.00 bits per heavy atom. The predicted molar refractivity (Wildman–Crippen MR) is 67.7 cm³/mol.